The van der Waals surface area contributed by atoms with Crippen molar-refractivity contribution in [1.82, 2.24) is 0 Å². The lowest BCUT2D eigenvalue weighted by atomic mass is 9.89. The van der Waals surface area contributed by atoms with Crippen molar-refractivity contribution >= 4 is 11.8 Å². The van der Waals surface area contributed by atoms with Gasteiger partial charge in [-0.2, -0.15) is 0 Å². The number of carboxylic acids is 1. The van der Waals surface area contributed by atoms with Gasteiger partial charge in [0, 0.05) is 24.7 Å². The maximum atomic E-state index is 12.3. The first-order valence-electron chi connectivity index (χ1n) is 10.5. The molecule has 1 fully saturated rings. The van der Waals surface area contributed by atoms with Crippen LogP contribution in [0, 0.1) is 17.8 Å². The second-order valence-electron chi connectivity index (χ2n) is 8.23. The van der Waals surface area contributed by atoms with Crippen LogP contribution in [-0.4, -0.2) is 39.3 Å². The molecule has 3 N–H and O–H groups in total. The number of aliphatic hydroxyl groups is 2. The highest BCUT2D eigenvalue weighted by Crippen LogP contribution is 2.34. The molecule has 156 valence electrons. The summed E-state index contributed by atoms with van der Waals surface area (Å²) in [6.07, 6.45) is 9.84. The number of unbranched alkanes of at least 4 members (excludes halogenated alkanes) is 1. The maximum Gasteiger partial charge on any atom is 0.303 e. The molecule has 5 nitrogen and oxygen atoms in total. The Bertz CT molecular complexity index is 756. The number of rotatable bonds is 9. The largest absolute Gasteiger partial charge is 0.481 e. The number of aliphatic hydroxyl groups excluding tert-OH is 2. The zero-order chi connectivity index (χ0) is 20.8. The van der Waals surface area contributed by atoms with Crippen molar-refractivity contribution in [1.29, 1.82) is 0 Å². The molecule has 2 aliphatic rings. The van der Waals surface area contributed by atoms with Crippen LogP contribution in [0.5, 0.6) is 0 Å². The Balaban J connectivity index is 1.54. The normalized spacial score (nSPS) is 25.9. The van der Waals surface area contributed by atoms with Crippen LogP contribution in [0.3, 0.4) is 0 Å². The third kappa shape index (κ3) is 5.64. The molecule has 0 bridgehead atoms. The van der Waals surface area contributed by atoms with E-state index in [-0.39, 0.29) is 36.4 Å². The van der Waals surface area contributed by atoms with Gasteiger partial charge in [-0.1, -0.05) is 48.6 Å². The van der Waals surface area contributed by atoms with Gasteiger partial charge in [-0.15, -0.1) is 0 Å². The number of benzene rings is 1. The number of Topliss-reactive ketones (excluding diaryl/α,β-unsaturated/α-hetero) is 1. The summed E-state index contributed by atoms with van der Waals surface area (Å²) < 4.78 is 0. The van der Waals surface area contributed by atoms with Gasteiger partial charge in [0.2, 0.25) is 0 Å². The molecular formula is C24H30O5. The number of ketones is 1. The summed E-state index contributed by atoms with van der Waals surface area (Å²) in [5.74, 6) is -1.20. The van der Waals surface area contributed by atoms with Gasteiger partial charge in [0.25, 0.3) is 0 Å². The lowest BCUT2D eigenvalue weighted by Crippen LogP contribution is -2.21. The van der Waals surface area contributed by atoms with Gasteiger partial charge in [0.1, 0.15) is 5.78 Å². The van der Waals surface area contributed by atoms with E-state index in [1.54, 1.807) is 6.08 Å². The van der Waals surface area contributed by atoms with Crippen LogP contribution in [0.15, 0.2) is 48.6 Å². The van der Waals surface area contributed by atoms with Gasteiger partial charge in [0.05, 0.1) is 12.2 Å². The fourth-order valence-electron chi connectivity index (χ4n) is 4.49. The number of hydrogen-bond donors (Lipinski definition) is 3. The van der Waals surface area contributed by atoms with Crippen LogP contribution in [0.2, 0.25) is 0 Å². The standard InChI is InChI=1S/C24H30O5/c25-21(18-13-16-7-5-6-8-17(16)14-18)12-11-20-19(22(26)15-23(20)27)9-3-1-2-4-10-24(28)29/h1,3,5-8,11-12,18-21,23,25,27H,2,4,9-10,13-15H2,(H,28,29)/b3-1-,12-11+/t19-,20?,21+,23-/m1/s1. The first-order valence-corrected chi connectivity index (χ1v) is 10.5. The predicted octanol–water partition coefficient (Wildman–Crippen LogP) is 3.09. The molecule has 1 unspecified atom stereocenters. The Kier molecular flexibility index (Phi) is 7.40. The number of carboxylic acid groups (broad SMARTS) is 1. The Hall–Kier alpha value is -2.24. The van der Waals surface area contributed by atoms with E-state index in [0.29, 0.717) is 19.3 Å². The fourth-order valence-corrected chi connectivity index (χ4v) is 4.49. The zero-order valence-corrected chi connectivity index (χ0v) is 16.6. The fraction of sp³-hybridized carbons (Fsp3) is 0.500. The Morgan fingerprint density at radius 1 is 1.14 bits per heavy atom. The molecule has 0 aromatic heterocycles. The quantitative estimate of drug-likeness (QED) is 0.439. The highest BCUT2D eigenvalue weighted by atomic mass is 16.4. The van der Waals surface area contributed by atoms with Crippen LogP contribution in [0.4, 0.5) is 0 Å². The molecule has 1 aromatic rings. The summed E-state index contributed by atoms with van der Waals surface area (Å²) in [7, 11) is 0. The summed E-state index contributed by atoms with van der Waals surface area (Å²) in [6, 6.07) is 8.24. The van der Waals surface area contributed by atoms with Crippen LogP contribution in [0.1, 0.15) is 43.2 Å². The highest BCUT2D eigenvalue weighted by molar-refractivity contribution is 5.84. The second-order valence-corrected chi connectivity index (χ2v) is 8.23. The number of hydrogen-bond acceptors (Lipinski definition) is 4. The lowest BCUT2D eigenvalue weighted by molar-refractivity contribution is -0.137. The van der Waals surface area contributed by atoms with Gasteiger partial charge in [-0.3, -0.25) is 9.59 Å². The van der Waals surface area contributed by atoms with E-state index < -0.39 is 18.2 Å². The Labute approximate surface area is 171 Å². The highest BCUT2D eigenvalue weighted by Gasteiger charge is 2.39. The number of aliphatic carboxylic acids is 1. The molecule has 0 saturated heterocycles. The number of carbonyl (C=O) groups excluding carboxylic acids is 1. The minimum Gasteiger partial charge on any atom is -0.481 e. The van der Waals surface area contributed by atoms with Crippen molar-refractivity contribution in [2.24, 2.45) is 17.8 Å². The molecule has 0 aliphatic heterocycles. The SMILES string of the molecule is O=C(O)CCC/C=C\C[C@H]1C(=O)C[C@@H](O)C1/C=C/[C@H](O)C1Cc2ccccc2C1. The van der Waals surface area contributed by atoms with Crippen LogP contribution >= 0.6 is 0 Å². The third-order valence-electron chi connectivity index (χ3n) is 6.15. The van der Waals surface area contributed by atoms with Gasteiger partial charge in [-0.25, -0.2) is 0 Å². The topological polar surface area (TPSA) is 94.8 Å². The molecule has 3 rings (SSSR count). The van der Waals surface area contributed by atoms with Crippen LogP contribution < -0.4 is 0 Å². The molecule has 2 aliphatic carbocycles. The summed E-state index contributed by atoms with van der Waals surface area (Å²) in [4.78, 5) is 22.8. The van der Waals surface area contributed by atoms with E-state index in [0.717, 1.165) is 12.8 Å². The zero-order valence-electron chi connectivity index (χ0n) is 16.6. The molecule has 29 heavy (non-hydrogen) atoms. The molecule has 1 saturated carbocycles. The van der Waals surface area contributed by atoms with Gasteiger partial charge in [0.15, 0.2) is 0 Å². The number of allylic oxidation sites excluding steroid dienone is 2. The van der Waals surface area contributed by atoms with Crippen molar-refractivity contribution in [3.8, 4) is 0 Å². The minimum absolute atomic E-state index is 0.0464. The van der Waals surface area contributed by atoms with E-state index in [1.807, 2.05) is 30.4 Å². The van der Waals surface area contributed by atoms with Crippen molar-refractivity contribution in [2.75, 3.05) is 0 Å². The minimum atomic E-state index is -0.804. The third-order valence-corrected chi connectivity index (χ3v) is 6.15. The van der Waals surface area contributed by atoms with Crippen molar-refractivity contribution in [3.05, 3.63) is 59.7 Å². The maximum absolute atomic E-state index is 12.3. The summed E-state index contributed by atoms with van der Waals surface area (Å²) in [6.45, 7) is 0. The van der Waals surface area contributed by atoms with Crippen LogP contribution in [0.25, 0.3) is 0 Å². The first-order chi connectivity index (χ1) is 14.0. The van der Waals surface area contributed by atoms with E-state index in [4.69, 9.17) is 5.11 Å². The molecule has 4 atom stereocenters. The number of fused-ring (bicyclic) bond motifs is 1. The van der Waals surface area contributed by atoms with Crippen molar-refractivity contribution in [3.63, 3.8) is 0 Å². The molecule has 0 amide bonds. The van der Waals surface area contributed by atoms with E-state index in [2.05, 4.69) is 12.1 Å². The molecule has 0 spiro atoms. The number of carbonyl (C=O) groups is 2. The average molecular weight is 398 g/mol. The molecule has 0 radical (unpaired) electrons. The second kappa shape index (κ2) is 9.99. The Morgan fingerprint density at radius 2 is 1.83 bits per heavy atom. The Morgan fingerprint density at radius 3 is 2.48 bits per heavy atom. The van der Waals surface area contributed by atoms with E-state index in [9.17, 15) is 19.8 Å². The predicted molar refractivity (Wildman–Crippen MR) is 110 cm³/mol. The summed E-state index contributed by atoms with van der Waals surface area (Å²) in [5.41, 5.74) is 2.57. The molecular weight excluding hydrogens is 368 g/mol. The first kappa shape index (κ1) is 21.5. The van der Waals surface area contributed by atoms with Gasteiger partial charge in [-0.05, 0) is 49.1 Å². The molecule has 0 heterocycles. The summed E-state index contributed by atoms with van der Waals surface area (Å²) in [5, 5.41) is 29.6. The molecule has 5 heteroatoms. The molecule has 1 aromatic carbocycles. The monoisotopic (exact) mass is 398 g/mol. The van der Waals surface area contributed by atoms with Gasteiger partial charge >= 0.3 is 5.97 Å². The van der Waals surface area contributed by atoms with E-state index >= 15 is 0 Å². The van der Waals surface area contributed by atoms with Crippen molar-refractivity contribution in [2.45, 2.75) is 57.2 Å². The summed E-state index contributed by atoms with van der Waals surface area (Å²) >= 11 is 0. The lowest BCUT2D eigenvalue weighted by Gasteiger charge is -2.18. The van der Waals surface area contributed by atoms with Crippen molar-refractivity contribution < 1.29 is 24.9 Å². The average Bonchev–Trinajstić information content (AvgIpc) is 3.23. The van der Waals surface area contributed by atoms with Gasteiger partial charge < -0.3 is 15.3 Å². The smallest absolute Gasteiger partial charge is 0.303 e. The van der Waals surface area contributed by atoms with Crippen LogP contribution in [-0.2, 0) is 22.4 Å². The van der Waals surface area contributed by atoms with E-state index in [1.165, 1.54) is 11.1 Å².